The Morgan fingerprint density at radius 3 is 2.73 bits per heavy atom. The fraction of sp³-hybridized carbons (Fsp3) is 0.364. The Morgan fingerprint density at radius 2 is 1.97 bits per heavy atom. The number of nitrogens with zero attached hydrogens (tertiary/aromatic N) is 8. The summed E-state index contributed by atoms with van der Waals surface area (Å²) in [6.45, 7) is 3.20. The van der Waals surface area contributed by atoms with E-state index in [0.717, 1.165) is 20.9 Å². The van der Waals surface area contributed by atoms with Gasteiger partial charge in [-0.2, -0.15) is 5.10 Å². The molecule has 5 heterocycles. The van der Waals surface area contributed by atoms with Gasteiger partial charge in [0.1, 0.15) is 52.1 Å². The molecule has 1 aliphatic rings. The summed E-state index contributed by atoms with van der Waals surface area (Å²) in [4.78, 5) is 13.2. The van der Waals surface area contributed by atoms with Crippen molar-refractivity contribution in [3.05, 3.63) is 51.6 Å². The van der Waals surface area contributed by atoms with E-state index in [4.69, 9.17) is 16.3 Å². The number of benzene rings is 1. The number of hydrogen-bond acceptors (Lipinski definition) is 12. The molecule has 0 spiro atoms. The smallest absolute Gasteiger partial charge is 0.164 e. The molecule has 1 fully saturated rings. The largest absolute Gasteiger partial charge is 0.394 e. The van der Waals surface area contributed by atoms with E-state index in [1.807, 2.05) is 25.1 Å². The van der Waals surface area contributed by atoms with Crippen LogP contribution < -0.4 is 0 Å². The number of ether oxygens (including phenoxy) is 1. The van der Waals surface area contributed by atoms with Crippen LogP contribution in [-0.4, -0.2) is 80.0 Å². The minimum absolute atomic E-state index is 0.327. The number of rotatable bonds is 5. The molecule has 0 amide bonds. The van der Waals surface area contributed by atoms with Gasteiger partial charge in [0.05, 0.1) is 33.7 Å². The first-order valence-electron chi connectivity index (χ1n) is 11.3. The summed E-state index contributed by atoms with van der Waals surface area (Å²) in [6, 6.07) is 4.72. The van der Waals surface area contributed by atoms with Crippen molar-refractivity contribution >= 4 is 44.5 Å². The predicted molar refractivity (Wildman–Crippen MR) is 136 cm³/mol. The highest BCUT2D eigenvalue weighted by Crippen LogP contribution is 2.39. The van der Waals surface area contributed by atoms with Gasteiger partial charge in [0.2, 0.25) is 0 Å². The number of thiazole rings is 2. The Kier molecular flexibility index (Phi) is 6.27. The van der Waals surface area contributed by atoms with E-state index in [2.05, 4.69) is 30.4 Å². The van der Waals surface area contributed by atoms with E-state index in [-0.39, 0.29) is 0 Å². The van der Waals surface area contributed by atoms with Crippen LogP contribution in [0, 0.1) is 13.8 Å². The van der Waals surface area contributed by atoms with Gasteiger partial charge in [0.25, 0.3) is 0 Å². The highest BCUT2D eigenvalue weighted by molar-refractivity contribution is 7.18. The molecule has 6 rings (SSSR count). The number of halogens is 1. The second-order valence-electron chi connectivity index (χ2n) is 8.62. The molecule has 37 heavy (non-hydrogen) atoms. The summed E-state index contributed by atoms with van der Waals surface area (Å²) in [5.41, 5.74) is 2.03. The van der Waals surface area contributed by atoms with Gasteiger partial charge in [0, 0.05) is 5.38 Å². The fourth-order valence-corrected chi connectivity index (χ4v) is 6.24. The molecule has 15 heteroatoms. The van der Waals surface area contributed by atoms with Crippen molar-refractivity contribution in [3.63, 3.8) is 0 Å². The maximum absolute atomic E-state index is 11.5. The van der Waals surface area contributed by atoms with Crippen molar-refractivity contribution in [1.29, 1.82) is 0 Å². The standard InChI is InChI=1S/C22H21ClN8O4S2/c1-9-24-21(31(28-9)11-3-4-12-15(5-11)37-10(2)25-12)20-19(34)17(18(33)14(7-32)35-20)30-6-13(27-29-30)22-26-16(23)8-36-22/h3-6,8,14,17-20,32-34H,7H2,1-2H3/t14-,17+,18+,19-,20-/m1/s1. The molecule has 3 N–H and O–H groups in total. The molecule has 1 saturated heterocycles. The Labute approximate surface area is 222 Å². The van der Waals surface area contributed by atoms with Gasteiger partial charge in [-0.15, -0.1) is 27.8 Å². The minimum atomic E-state index is -1.30. The van der Waals surface area contributed by atoms with E-state index < -0.39 is 37.1 Å². The van der Waals surface area contributed by atoms with Crippen molar-refractivity contribution in [2.75, 3.05) is 6.61 Å². The molecule has 192 valence electrons. The van der Waals surface area contributed by atoms with Crippen LogP contribution in [-0.2, 0) is 4.74 Å². The molecule has 0 aliphatic carbocycles. The average molecular weight is 561 g/mol. The van der Waals surface area contributed by atoms with Crippen LogP contribution in [0.5, 0.6) is 0 Å². The van der Waals surface area contributed by atoms with Gasteiger partial charge < -0.3 is 20.1 Å². The molecular formula is C22H21ClN8O4S2. The average Bonchev–Trinajstić information content (AvgIpc) is 3.65. The third-order valence-corrected chi connectivity index (χ3v) is 8.24. The molecule has 1 aromatic carbocycles. The van der Waals surface area contributed by atoms with E-state index in [1.165, 1.54) is 16.0 Å². The second kappa shape index (κ2) is 9.47. The third-order valence-electron chi connectivity index (χ3n) is 6.12. The van der Waals surface area contributed by atoms with E-state index in [1.54, 1.807) is 34.5 Å². The summed E-state index contributed by atoms with van der Waals surface area (Å²) in [7, 11) is 0. The molecule has 4 aromatic heterocycles. The van der Waals surface area contributed by atoms with E-state index in [9.17, 15) is 15.3 Å². The quantitative estimate of drug-likeness (QED) is 0.291. The first kappa shape index (κ1) is 24.5. The zero-order chi connectivity index (χ0) is 25.8. The molecule has 0 radical (unpaired) electrons. The lowest BCUT2D eigenvalue weighted by atomic mass is 9.92. The van der Waals surface area contributed by atoms with Crippen molar-refractivity contribution in [2.45, 2.75) is 44.3 Å². The molecule has 1 aliphatic heterocycles. The minimum Gasteiger partial charge on any atom is -0.394 e. The molecule has 5 aromatic rings. The molecule has 12 nitrogen and oxygen atoms in total. The first-order chi connectivity index (χ1) is 17.8. The van der Waals surface area contributed by atoms with Crippen LogP contribution in [0.2, 0.25) is 5.15 Å². The summed E-state index contributed by atoms with van der Waals surface area (Å²) in [6.07, 6.45) is -3.06. The Balaban J connectivity index is 1.39. The van der Waals surface area contributed by atoms with Crippen molar-refractivity contribution in [1.82, 2.24) is 39.7 Å². The number of aryl methyl sites for hydroxylation is 2. The van der Waals surface area contributed by atoms with E-state index >= 15 is 0 Å². The Bertz CT molecular complexity index is 1580. The van der Waals surface area contributed by atoms with Crippen molar-refractivity contribution in [2.24, 2.45) is 0 Å². The zero-order valence-corrected chi connectivity index (χ0v) is 21.9. The lowest BCUT2D eigenvalue weighted by Crippen LogP contribution is -2.53. The topological polar surface area (TPSA) is 157 Å². The molecule has 0 saturated carbocycles. The van der Waals surface area contributed by atoms with Crippen molar-refractivity contribution in [3.8, 4) is 16.4 Å². The summed E-state index contributed by atoms with van der Waals surface area (Å²) < 4.78 is 9.93. The van der Waals surface area contributed by atoms with Gasteiger partial charge in [-0.3, -0.25) is 0 Å². The van der Waals surface area contributed by atoms with Gasteiger partial charge >= 0.3 is 0 Å². The van der Waals surface area contributed by atoms with Gasteiger partial charge in [-0.1, -0.05) is 16.8 Å². The van der Waals surface area contributed by atoms with E-state index in [0.29, 0.717) is 27.5 Å². The third kappa shape index (κ3) is 4.33. The van der Waals surface area contributed by atoms with Gasteiger partial charge in [-0.05, 0) is 32.0 Å². The number of aliphatic hydroxyl groups excluding tert-OH is 3. The van der Waals surface area contributed by atoms with Gasteiger partial charge in [-0.25, -0.2) is 24.3 Å². The van der Waals surface area contributed by atoms with Crippen LogP contribution in [0.15, 0.2) is 29.8 Å². The first-order valence-corrected chi connectivity index (χ1v) is 13.4. The number of aliphatic hydroxyl groups is 3. The number of fused-ring (bicyclic) bond motifs is 1. The second-order valence-corrected chi connectivity index (χ2v) is 11.1. The molecule has 5 atom stereocenters. The van der Waals surface area contributed by atoms with Crippen LogP contribution >= 0.6 is 34.3 Å². The molecule has 0 bridgehead atoms. The monoisotopic (exact) mass is 560 g/mol. The Morgan fingerprint density at radius 1 is 1.14 bits per heavy atom. The molecular weight excluding hydrogens is 540 g/mol. The van der Waals surface area contributed by atoms with Crippen LogP contribution in [0.25, 0.3) is 26.6 Å². The normalized spacial score (nSPS) is 24.2. The predicted octanol–water partition coefficient (Wildman–Crippen LogP) is 2.26. The highest BCUT2D eigenvalue weighted by atomic mass is 35.5. The SMILES string of the molecule is Cc1nc([C@@H]2O[C@H](CO)[C@H](O)[C@H](n3cc(-c4nc(Cl)cs4)nn3)[C@H]2O)n(-c2ccc3nc(C)sc3c2)n1. The van der Waals surface area contributed by atoms with Crippen LogP contribution in [0.4, 0.5) is 0 Å². The zero-order valence-electron chi connectivity index (χ0n) is 19.5. The van der Waals surface area contributed by atoms with Crippen LogP contribution in [0.3, 0.4) is 0 Å². The fourth-order valence-electron chi connectivity index (χ4n) is 4.49. The summed E-state index contributed by atoms with van der Waals surface area (Å²) >= 11 is 8.80. The Hall–Kier alpha value is -2.85. The summed E-state index contributed by atoms with van der Waals surface area (Å²) in [5, 5.41) is 48.8. The maximum atomic E-state index is 11.5. The lowest BCUT2D eigenvalue weighted by Gasteiger charge is -2.41. The number of hydrogen-bond donors (Lipinski definition) is 3. The van der Waals surface area contributed by atoms with Crippen LogP contribution in [0.1, 0.15) is 28.8 Å². The maximum Gasteiger partial charge on any atom is 0.164 e. The number of aromatic nitrogens is 8. The van der Waals surface area contributed by atoms with Gasteiger partial charge in [0.15, 0.2) is 5.82 Å². The summed E-state index contributed by atoms with van der Waals surface area (Å²) in [5.74, 6) is 0.797. The lowest BCUT2D eigenvalue weighted by molar-refractivity contribution is -0.210. The van der Waals surface area contributed by atoms with Crippen molar-refractivity contribution < 1.29 is 20.1 Å². The highest BCUT2D eigenvalue weighted by Gasteiger charge is 2.48. The molecule has 0 unspecified atom stereocenters.